The van der Waals surface area contributed by atoms with Crippen LogP contribution in [0.4, 0.5) is 19.0 Å². The Balaban J connectivity index is 2.09. The van der Waals surface area contributed by atoms with Crippen molar-refractivity contribution in [2.75, 3.05) is 4.72 Å². The van der Waals surface area contributed by atoms with Crippen molar-refractivity contribution in [2.24, 2.45) is 0 Å². The van der Waals surface area contributed by atoms with Crippen molar-refractivity contribution >= 4 is 50.6 Å². The molecule has 0 amide bonds. The fourth-order valence-corrected chi connectivity index (χ4v) is 4.30. The van der Waals surface area contributed by atoms with Crippen molar-refractivity contribution < 1.29 is 21.6 Å². The molecule has 5 nitrogen and oxygen atoms in total. The van der Waals surface area contributed by atoms with Crippen LogP contribution in [-0.2, 0) is 16.2 Å². The van der Waals surface area contributed by atoms with Crippen molar-refractivity contribution in [2.45, 2.75) is 11.1 Å². The first-order chi connectivity index (χ1) is 13.5. The first-order valence-electron chi connectivity index (χ1n) is 7.65. The van der Waals surface area contributed by atoms with E-state index in [2.05, 4.69) is 14.7 Å². The molecule has 0 spiro atoms. The highest BCUT2D eigenvalue weighted by Crippen LogP contribution is 2.36. The molecule has 0 bridgehead atoms. The summed E-state index contributed by atoms with van der Waals surface area (Å²) in [5, 5.41) is -0.0338. The summed E-state index contributed by atoms with van der Waals surface area (Å²) in [6.07, 6.45) is -3.74. The Bertz CT molecular complexity index is 1170. The number of alkyl halides is 3. The lowest BCUT2D eigenvalue weighted by Crippen LogP contribution is -2.17. The Morgan fingerprint density at radius 1 is 0.931 bits per heavy atom. The minimum Gasteiger partial charge on any atom is -0.263 e. The number of benzene rings is 2. The lowest BCUT2D eigenvalue weighted by molar-refractivity contribution is -0.137. The van der Waals surface area contributed by atoms with E-state index < -0.39 is 31.7 Å². The number of anilines is 1. The fourth-order valence-electron chi connectivity index (χ4n) is 2.38. The van der Waals surface area contributed by atoms with Gasteiger partial charge in [0.2, 0.25) is 0 Å². The van der Waals surface area contributed by atoms with E-state index in [1.54, 1.807) is 24.3 Å². The molecule has 0 aliphatic carbocycles. The molecule has 3 aromatic rings. The van der Waals surface area contributed by atoms with Gasteiger partial charge in [-0.3, -0.25) is 4.72 Å². The summed E-state index contributed by atoms with van der Waals surface area (Å²) in [4.78, 5) is 6.92. The van der Waals surface area contributed by atoms with Crippen LogP contribution in [0.3, 0.4) is 0 Å². The zero-order valence-electron chi connectivity index (χ0n) is 14.0. The van der Waals surface area contributed by atoms with Gasteiger partial charge in [0, 0.05) is 5.02 Å². The van der Waals surface area contributed by atoms with Gasteiger partial charge in [-0.1, -0.05) is 46.9 Å². The molecule has 29 heavy (non-hydrogen) atoms. The molecule has 2 aromatic carbocycles. The molecule has 3 rings (SSSR count). The number of hydrogen-bond donors (Lipinski definition) is 1. The summed E-state index contributed by atoms with van der Waals surface area (Å²) >= 11 is 17.8. The summed E-state index contributed by atoms with van der Waals surface area (Å²) in [7, 11) is -4.54. The van der Waals surface area contributed by atoms with E-state index in [0.717, 1.165) is 12.4 Å². The minimum absolute atomic E-state index is 0.0739. The molecule has 12 heteroatoms. The standard InChI is InChI=1S/C17H9Cl3F3N3O2S/c18-11-4-1-9(2-5-11)14-15(20)24-8-25-16(14)26-29(27,28)13-7-10(17(21,22)23)3-6-12(13)19/h1-8H,(H,24,25,26). The number of nitrogens with one attached hydrogen (secondary N) is 1. The van der Waals surface area contributed by atoms with Gasteiger partial charge in [-0.2, -0.15) is 13.2 Å². The molecule has 0 saturated carbocycles. The minimum atomic E-state index is -4.75. The van der Waals surface area contributed by atoms with Crippen molar-refractivity contribution in [3.63, 3.8) is 0 Å². The number of aromatic nitrogens is 2. The molecule has 0 atom stereocenters. The number of halogens is 6. The van der Waals surface area contributed by atoms with Gasteiger partial charge in [-0.05, 0) is 35.9 Å². The van der Waals surface area contributed by atoms with E-state index in [4.69, 9.17) is 34.8 Å². The molecule has 0 radical (unpaired) electrons. The zero-order chi connectivity index (χ0) is 21.4. The van der Waals surface area contributed by atoms with Gasteiger partial charge in [-0.15, -0.1) is 0 Å². The summed E-state index contributed by atoms with van der Waals surface area (Å²) in [5.74, 6) is -0.235. The Morgan fingerprint density at radius 2 is 1.59 bits per heavy atom. The predicted molar refractivity (Wildman–Crippen MR) is 105 cm³/mol. The average Bonchev–Trinajstić information content (AvgIpc) is 2.62. The molecular weight excluding hydrogens is 474 g/mol. The van der Waals surface area contributed by atoms with E-state index in [-0.39, 0.29) is 16.5 Å². The molecule has 0 aliphatic heterocycles. The van der Waals surface area contributed by atoms with Gasteiger partial charge in [0.1, 0.15) is 16.4 Å². The highest BCUT2D eigenvalue weighted by atomic mass is 35.5. The third-order valence-electron chi connectivity index (χ3n) is 3.71. The van der Waals surface area contributed by atoms with Crippen LogP contribution in [-0.4, -0.2) is 18.4 Å². The zero-order valence-corrected chi connectivity index (χ0v) is 17.1. The number of hydrogen-bond acceptors (Lipinski definition) is 4. The predicted octanol–water partition coefficient (Wildman–Crippen LogP) is 5.92. The van der Waals surface area contributed by atoms with Gasteiger partial charge in [0.25, 0.3) is 10.0 Å². The van der Waals surface area contributed by atoms with E-state index in [9.17, 15) is 21.6 Å². The van der Waals surface area contributed by atoms with Crippen molar-refractivity contribution in [3.05, 3.63) is 69.6 Å². The molecule has 0 fully saturated rings. The second-order valence-electron chi connectivity index (χ2n) is 5.64. The SMILES string of the molecule is O=S(=O)(Nc1ncnc(Cl)c1-c1ccc(Cl)cc1)c1cc(C(F)(F)F)ccc1Cl. The molecule has 0 aliphatic rings. The van der Waals surface area contributed by atoms with Gasteiger partial charge in [0.15, 0.2) is 5.82 Å². The highest BCUT2D eigenvalue weighted by molar-refractivity contribution is 7.92. The van der Waals surface area contributed by atoms with E-state index >= 15 is 0 Å². The normalized spacial score (nSPS) is 12.1. The Labute approximate surface area is 178 Å². The summed E-state index contributed by atoms with van der Waals surface area (Å²) in [6.45, 7) is 0. The second kappa shape index (κ2) is 7.98. The van der Waals surface area contributed by atoms with E-state index in [0.29, 0.717) is 22.7 Å². The lowest BCUT2D eigenvalue weighted by atomic mass is 10.1. The Kier molecular flexibility index (Phi) is 5.96. The maximum atomic E-state index is 13.0. The van der Waals surface area contributed by atoms with Crippen molar-refractivity contribution in [1.82, 2.24) is 9.97 Å². The van der Waals surface area contributed by atoms with Crippen LogP contribution in [0.15, 0.2) is 53.7 Å². The Hall–Kier alpha value is -2.07. The summed E-state index contributed by atoms with van der Waals surface area (Å²) in [5.41, 5.74) is -0.605. The second-order valence-corrected chi connectivity index (χ2v) is 8.50. The van der Waals surface area contributed by atoms with Crippen LogP contribution in [0.1, 0.15) is 5.56 Å². The van der Waals surface area contributed by atoms with E-state index in [1.807, 2.05) is 0 Å². The number of rotatable bonds is 4. The third-order valence-corrected chi connectivity index (χ3v) is 6.07. The highest BCUT2D eigenvalue weighted by Gasteiger charge is 2.33. The maximum Gasteiger partial charge on any atom is 0.416 e. The summed E-state index contributed by atoms with van der Waals surface area (Å²) < 4.78 is 66.6. The summed E-state index contributed by atoms with van der Waals surface area (Å²) in [6, 6.07) is 8.18. The molecule has 0 saturated heterocycles. The quantitative estimate of drug-likeness (QED) is 0.468. The molecule has 152 valence electrons. The van der Waals surface area contributed by atoms with Gasteiger partial charge < -0.3 is 0 Å². The molecule has 0 unspecified atom stereocenters. The number of nitrogens with zero attached hydrogens (tertiary/aromatic N) is 2. The van der Waals surface area contributed by atoms with Crippen LogP contribution in [0.2, 0.25) is 15.2 Å². The first-order valence-corrected chi connectivity index (χ1v) is 10.3. The third kappa shape index (κ3) is 4.75. The first kappa shape index (κ1) is 21.6. The smallest absolute Gasteiger partial charge is 0.263 e. The van der Waals surface area contributed by atoms with E-state index in [1.165, 1.54) is 0 Å². The fraction of sp³-hybridized carbons (Fsp3) is 0.0588. The topological polar surface area (TPSA) is 72.0 Å². The van der Waals surface area contributed by atoms with Gasteiger partial charge in [0.05, 0.1) is 16.1 Å². The van der Waals surface area contributed by atoms with Crippen LogP contribution in [0.5, 0.6) is 0 Å². The van der Waals surface area contributed by atoms with Crippen LogP contribution >= 0.6 is 34.8 Å². The monoisotopic (exact) mass is 481 g/mol. The average molecular weight is 483 g/mol. The molecular formula is C17H9Cl3F3N3O2S. The van der Waals surface area contributed by atoms with Crippen LogP contribution in [0.25, 0.3) is 11.1 Å². The maximum absolute atomic E-state index is 13.0. The molecule has 1 heterocycles. The molecule has 1 N–H and O–H groups in total. The van der Waals surface area contributed by atoms with Gasteiger partial charge >= 0.3 is 6.18 Å². The lowest BCUT2D eigenvalue weighted by Gasteiger charge is -2.15. The van der Waals surface area contributed by atoms with Gasteiger partial charge in [-0.25, -0.2) is 18.4 Å². The number of sulfonamides is 1. The Morgan fingerprint density at radius 3 is 2.21 bits per heavy atom. The largest absolute Gasteiger partial charge is 0.416 e. The van der Waals surface area contributed by atoms with Crippen LogP contribution < -0.4 is 4.72 Å². The van der Waals surface area contributed by atoms with Crippen LogP contribution in [0, 0.1) is 0 Å². The van der Waals surface area contributed by atoms with Crippen molar-refractivity contribution in [1.29, 1.82) is 0 Å². The van der Waals surface area contributed by atoms with Crippen molar-refractivity contribution in [3.8, 4) is 11.1 Å². The molecule has 1 aromatic heterocycles.